The number of aliphatic hydroxyl groups excluding tert-OH is 1. The van der Waals surface area contributed by atoms with Crippen molar-refractivity contribution in [1.82, 2.24) is 9.97 Å². The smallest absolute Gasteiger partial charge is 0.131 e. The Morgan fingerprint density at radius 1 is 1.22 bits per heavy atom. The van der Waals surface area contributed by atoms with Crippen LogP contribution in [0.5, 0.6) is 0 Å². The highest BCUT2D eigenvalue weighted by Gasteiger charge is 2.16. The monoisotopic (exact) mass is 252 g/mol. The van der Waals surface area contributed by atoms with E-state index in [0.717, 1.165) is 30.4 Å². The van der Waals surface area contributed by atoms with Gasteiger partial charge in [0.25, 0.3) is 0 Å². The molecule has 0 amide bonds. The number of aliphatic hydroxyl groups is 1. The number of hydrogen-bond acceptors (Lipinski definition) is 5. The molecule has 0 atom stereocenters. The van der Waals surface area contributed by atoms with Gasteiger partial charge >= 0.3 is 0 Å². The van der Waals surface area contributed by atoms with Crippen molar-refractivity contribution in [1.29, 1.82) is 0 Å². The minimum absolute atomic E-state index is 0.144. The molecule has 18 heavy (non-hydrogen) atoms. The molecule has 5 heteroatoms. The summed E-state index contributed by atoms with van der Waals surface area (Å²) in [5.74, 6) is 2.37. The number of hydrogen-bond donors (Lipinski definition) is 3. The van der Waals surface area contributed by atoms with Crippen LogP contribution < -0.4 is 10.6 Å². The van der Waals surface area contributed by atoms with E-state index in [2.05, 4.69) is 27.5 Å². The van der Waals surface area contributed by atoms with Crippen molar-refractivity contribution in [3.63, 3.8) is 0 Å². The summed E-state index contributed by atoms with van der Waals surface area (Å²) in [6.07, 6.45) is 1.06. The lowest BCUT2D eigenvalue weighted by Crippen LogP contribution is -2.27. The van der Waals surface area contributed by atoms with Gasteiger partial charge in [-0.1, -0.05) is 20.8 Å². The van der Waals surface area contributed by atoms with Gasteiger partial charge in [0, 0.05) is 31.2 Å². The third kappa shape index (κ3) is 4.87. The predicted octanol–water partition coefficient (Wildman–Crippen LogP) is 2.04. The fraction of sp³-hybridized carbons (Fsp3) is 0.692. The Morgan fingerprint density at radius 2 is 1.83 bits per heavy atom. The molecule has 0 aliphatic carbocycles. The number of aryl methyl sites for hydroxylation is 1. The molecule has 0 aliphatic heterocycles. The highest BCUT2D eigenvalue weighted by atomic mass is 16.3. The van der Waals surface area contributed by atoms with Crippen molar-refractivity contribution in [2.24, 2.45) is 5.41 Å². The Morgan fingerprint density at radius 3 is 2.39 bits per heavy atom. The molecule has 0 bridgehead atoms. The van der Waals surface area contributed by atoms with Crippen molar-refractivity contribution >= 4 is 11.6 Å². The van der Waals surface area contributed by atoms with Gasteiger partial charge in [-0.05, 0) is 13.3 Å². The molecule has 3 N–H and O–H groups in total. The number of aromatic nitrogens is 2. The molecule has 0 fully saturated rings. The average Bonchev–Trinajstić information content (AvgIpc) is 2.33. The summed E-state index contributed by atoms with van der Waals surface area (Å²) in [5.41, 5.74) is -0.157. The summed E-state index contributed by atoms with van der Waals surface area (Å²) >= 11 is 0. The molecule has 0 aliphatic rings. The summed E-state index contributed by atoms with van der Waals surface area (Å²) in [6.45, 7) is 9.72. The molecule has 102 valence electrons. The van der Waals surface area contributed by atoms with Crippen molar-refractivity contribution in [3.8, 4) is 0 Å². The lowest BCUT2D eigenvalue weighted by Gasteiger charge is -2.22. The van der Waals surface area contributed by atoms with Crippen LogP contribution in [0.25, 0.3) is 0 Å². The highest BCUT2D eigenvalue weighted by molar-refractivity contribution is 5.47. The van der Waals surface area contributed by atoms with E-state index < -0.39 is 0 Å². The first-order valence-electron chi connectivity index (χ1n) is 6.41. The summed E-state index contributed by atoms with van der Waals surface area (Å²) in [4.78, 5) is 8.66. The van der Waals surface area contributed by atoms with Gasteiger partial charge in [-0.3, -0.25) is 0 Å². The van der Waals surface area contributed by atoms with Gasteiger partial charge in [-0.2, -0.15) is 0 Å². The zero-order chi connectivity index (χ0) is 13.6. The summed E-state index contributed by atoms with van der Waals surface area (Å²) in [5, 5.41) is 15.7. The largest absolute Gasteiger partial charge is 0.396 e. The SMILES string of the molecule is CCCNc1cc(NCC(C)(C)CO)nc(C)n1. The van der Waals surface area contributed by atoms with E-state index in [4.69, 9.17) is 0 Å². The zero-order valence-corrected chi connectivity index (χ0v) is 11.7. The van der Waals surface area contributed by atoms with Gasteiger partial charge in [0.1, 0.15) is 17.5 Å². The highest BCUT2D eigenvalue weighted by Crippen LogP contribution is 2.16. The maximum atomic E-state index is 9.21. The van der Waals surface area contributed by atoms with Crippen LogP contribution in [0.2, 0.25) is 0 Å². The van der Waals surface area contributed by atoms with Crippen LogP contribution in [-0.4, -0.2) is 34.8 Å². The molecular formula is C13H24N4O. The maximum absolute atomic E-state index is 9.21. The maximum Gasteiger partial charge on any atom is 0.131 e. The van der Waals surface area contributed by atoms with E-state index in [1.165, 1.54) is 0 Å². The Labute approximate surface area is 109 Å². The van der Waals surface area contributed by atoms with E-state index in [-0.39, 0.29) is 12.0 Å². The predicted molar refractivity (Wildman–Crippen MR) is 74.9 cm³/mol. The van der Waals surface area contributed by atoms with Crippen molar-refractivity contribution in [2.75, 3.05) is 30.3 Å². The first-order valence-corrected chi connectivity index (χ1v) is 6.41. The van der Waals surface area contributed by atoms with Crippen molar-refractivity contribution < 1.29 is 5.11 Å². The van der Waals surface area contributed by atoms with Crippen LogP contribution in [0, 0.1) is 12.3 Å². The van der Waals surface area contributed by atoms with Gasteiger partial charge in [-0.15, -0.1) is 0 Å². The lowest BCUT2D eigenvalue weighted by atomic mass is 9.95. The van der Waals surface area contributed by atoms with Crippen LogP contribution in [-0.2, 0) is 0 Å². The summed E-state index contributed by atoms with van der Waals surface area (Å²) < 4.78 is 0. The van der Waals surface area contributed by atoms with E-state index in [9.17, 15) is 5.11 Å². The second-order valence-corrected chi connectivity index (χ2v) is 5.29. The standard InChI is InChI=1S/C13H24N4O/c1-5-6-14-11-7-12(17-10(2)16-11)15-8-13(3,4)9-18/h7,18H,5-6,8-9H2,1-4H3,(H2,14,15,16,17). The van der Waals surface area contributed by atoms with Gasteiger partial charge in [0.05, 0.1) is 0 Å². The first-order chi connectivity index (χ1) is 8.46. The third-order valence-electron chi connectivity index (χ3n) is 2.57. The fourth-order valence-electron chi connectivity index (χ4n) is 1.39. The minimum Gasteiger partial charge on any atom is -0.396 e. The molecule has 1 rings (SSSR count). The van der Waals surface area contributed by atoms with Crippen LogP contribution in [0.1, 0.15) is 33.0 Å². The Kier molecular flexibility index (Phi) is 5.34. The van der Waals surface area contributed by atoms with Crippen LogP contribution in [0.15, 0.2) is 6.07 Å². The van der Waals surface area contributed by atoms with Crippen molar-refractivity contribution in [2.45, 2.75) is 34.1 Å². The molecule has 0 unspecified atom stereocenters. The van der Waals surface area contributed by atoms with E-state index in [1.54, 1.807) is 0 Å². The third-order valence-corrected chi connectivity index (χ3v) is 2.57. The van der Waals surface area contributed by atoms with Gasteiger partial charge in [-0.25, -0.2) is 9.97 Å². The van der Waals surface area contributed by atoms with E-state index in [0.29, 0.717) is 6.54 Å². The topological polar surface area (TPSA) is 70.1 Å². The molecule has 0 saturated heterocycles. The summed E-state index contributed by atoms with van der Waals surface area (Å²) in [7, 11) is 0. The minimum atomic E-state index is -0.157. The quantitative estimate of drug-likeness (QED) is 0.692. The molecule has 1 heterocycles. The normalized spacial score (nSPS) is 11.4. The van der Waals surface area contributed by atoms with E-state index in [1.807, 2.05) is 26.8 Å². The molecular weight excluding hydrogens is 228 g/mol. The average molecular weight is 252 g/mol. The number of nitrogens with zero attached hydrogens (tertiary/aromatic N) is 2. The Bertz CT molecular complexity index is 379. The number of anilines is 2. The zero-order valence-electron chi connectivity index (χ0n) is 11.7. The van der Waals surface area contributed by atoms with Gasteiger partial charge < -0.3 is 15.7 Å². The molecule has 1 aromatic rings. The van der Waals surface area contributed by atoms with Gasteiger partial charge in [0.15, 0.2) is 0 Å². The van der Waals surface area contributed by atoms with Crippen molar-refractivity contribution in [3.05, 3.63) is 11.9 Å². The molecule has 5 nitrogen and oxygen atoms in total. The Hall–Kier alpha value is -1.36. The Balaban J connectivity index is 2.68. The number of rotatable bonds is 7. The van der Waals surface area contributed by atoms with E-state index >= 15 is 0 Å². The molecule has 0 saturated carbocycles. The van der Waals surface area contributed by atoms with Crippen LogP contribution in [0.3, 0.4) is 0 Å². The first kappa shape index (κ1) is 14.7. The second kappa shape index (κ2) is 6.54. The second-order valence-electron chi connectivity index (χ2n) is 5.29. The fourth-order valence-corrected chi connectivity index (χ4v) is 1.39. The molecule has 1 aromatic heterocycles. The lowest BCUT2D eigenvalue weighted by molar-refractivity contribution is 0.170. The summed E-state index contributed by atoms with van der Waals surface area (Å²) in [6, 6.07) is 1.90. The molecule has 0 aromatic carbocycles. The van der Waals surface area contributed by atoms with Crippen LogP contribution >= 0.6 is 0 Å². The number of nitrogens with one attached hydrogen (secondary N) is 2. The van der Waals surface area contributed by atoms with Gasteiger partial charge in [0.2, 0.25) is 0 Å². The molecule has 0 radical (unpaired) electrons. The molecule has 0 spiro atoms. The van der Waals surface area contributed by atoms with Crippen LogP contribution in [0.4, 0.5) is 11.6 Å².